The van der Waals surface area contributed by atoms with Gasteiger partial charge in [0.1, 0.15) is 17.4 Å². The first kappa shape index (κ1) is 22.1. The van der Waals surface area contributed by atoms with E-state index >= 15 is 0 Å². The molecule has 170 valence electrons. The number of nitrogens with one attached hydrogen (secondary N) is 2. The van der Waals surface area contributed by atoms with Gasteiger partial charge in [0.15, 0.2) is 5.96 Å². The molecule has 1 unspecified atom stereocenters. The highest BCUT2D eigenvalue weighted by molar-refractivity contribution is 5.80. The molecule has 0 fully saturated rings. The van der Waals surface area contributed by atoms with Crippen molar-refractivity contribution in [3.05, 3.63) is 71.2 Å². The van der Waals surface area contributed by atoms with Gasteiger partial charge in [-0.1, -0.05) is 24.3 Å². The van der Waals surface area contributed by atoms with E-state index < -0.39 is 0 Å². The zero-order valence-corrected chi connectivity index (χ0v) is 19.2. The first-order chi connectivity index (χ1) is 15.6. The predicted molar refractivity (Wildman–Crippen MR) is 125 cm³/mol. The van der Waals surface area contributed by atoms with Gasteiger partial charge in [-0.3, -0.25) is 4.90 Å². The molecule has 8 nitrogen and oxygen atoms in total. The molecule has 0 amide bonds. The molecule has 0 spiro atoms. The number of guanidine groups is 1. The Labute approximate surface area is 189 Å². The Morgan fingerprint density at radius 2 is 2.06 bits per heavy atom. The molecule has 0 aliphatic carbocycles. The van der Waals surface area contributed by atoms with Crippen LogP contribution in [0.4, 0.5) is 0 Å². The van der Waals surface area contributed by atoms with E-state index in [2.05, 4.69) is 63.9 Å². The third-order valence-electron chi connectivity index (χ3n) is 5.62. The summed E-state index contributed by atoms with van der Waals surface area (Å²) in [6, 6.07) is 12.7. The van der Waals surface area contributed by atoms with Crippen LogP contribution in [0.5, 0.6) is 0 Å². The van der Waals surface area contributed by atoms with Crippen molar-refractivity contribution in [2.75, 3.05) is 13.6 Å². The number of benzene rings is 1. The topological polar surface area (TPSA) is 83.5 Å². The Morgan fingerprint density at radius 1 is 1.22 bits per heavy atom. The van der Waals surface area contributed by atoms with Crippen LogP contribution in [0.1, 0.15) is 41.9 Å². The van der Waals surface area contributed by atoms with Crippen LogP contribution >= 0.6 is 0 Å². The number of aryl methyl sites for hydroxylation is 2. The van der Waals surface area contributed by atoms with Gasteiger partial charge in [-0.15, -0.1) is 0 Å². The lowest BCUT2D eigenvalue weighted by molar-refractivity contribution is 0.287. The molecule has 1 aromatic carbocycles. The van der Waals surface area contributed by atoms with E-state index in [0.29, 0.717) is 6.54 Å². The molecular weight excluding hydrogens is 402 g/mol. The summed E-state index contributed by atoms with van der Waals surface area (Å²) in [6.45, 7) is 7.92. The lowest BCUT2D eigenvalue weighted by Crippen LogP contribution is -2.47. The molecular formula is C24H33N7O. The third kappa shape index (κ3) is 5.76. The minimum absolute atomic E-state index is 0.288. The van der Waals surface area contributed by atoms with Gasteiger partial charge in [0, 0.05) is 25.6 Å². The van der Waals surface area contributed by atoms with Gasteiger partial charge in [-0.25, -0.2) is 14.7 Å². The van der Waals surface area contributed by atoms with Crippen LogP contribution in [0, 0.1) is 6.92 Å². The highest BCUT2D eigenvalue weighted by Gasteiger charge is 2.21. The molecule has 4 rings (SSSR count). The maximum Gasteiger partial charge on any atom is 0.191 e. The van der Waals surface area contributed by atoms with Gasteiger partial charge in [-0.2, -0.15) is 5.10 Å². The normalized spacial score (nSPS) is 16.2. The molecule has 0 saturated heterocycles. The van der Waals surface area contributed by atoms with E-state index in [1.165, 1.54) is 11.1 Å². The van der Waals surface area contributed by atoms with Crippen molar-refractivity contribution in [1.29, 1.82) is 0 Å². The van der Waals surface area contributed by atoms with Crippen LogP contribution in [0.15, 0.2) is 52.1 Å². The number of aliphatic imine (C=N–C) groups is 1. The van der Waals surface area contributed by atoms with Crippen molar-refractivity contribution in [2.45, 2.75) is 58.9 Å². The van der Waals surface area contributed by atoms with Crippen molar-refractivity contribution in [2.24, 2.45) is 4.99 Å². The Kier molecular flexibility index (Phi) is 7.21. The number of rotatable bonds is 8. The largest absolute Gasteiger partial charge is 0.468 e. The van der Waals surface area contributed by atoms with Crippen LogP contribution < -0.4 is 10.6 Å². The monoisotopic (exact) mass is 435 g/mol. The van der Waals surface area contributed by atoms with Crippen molar-refractivity contribution >= 4 is 5.96 Å². The summed E-state index contributed by atoms with van der Waals surface area (Å²) < 4.78 is 7.50. The van der Waals surface area contributed by atoms with Gasteiger partial charge in [0.2, 0.25) is 0 Å². The van der Waals surface area contributed by atoms with E-state index in [0.717, 1.165) is 62.4 Å². The Balaban J connectivity index is 1.40. The number of hydrogen-bond donors (Lipinski definition) is 2. The molecule has 32 heavy (non-hydrogen) atoms. The lowest BCUT2D eigenvalue weighted by Gasteiger charge is -2.25. The Bertz CT molecular complexity index is 1020. The number of fused-ring (bicyclic) bond motifs is 1. The summed E-state index contributed by atoms with van der Waals surface area (Å²) in [5.74, 6) is 3.74. The van der Waals surface area contributed by atoms with E-state index in [-0.39, 0.29) is 6.04 Å². The van der Waals surface area contributed by atoms with Crippen LogP contribution in [-0.2, 0) is 32.6 Å². The zero-order valence-electron chi connectivity index (χ0n) is 19.2. The molecule has 1 atom stereocenters. The van der Waals surface area contributed by atoms with Crippen molar-refractivity contribution in [3.8, 4) is 0 Å². The maximum atomic E-state index is 5.48. The number of aromatic nitrogens is 3. The average Bonchev–Trinajstić information content (AvgIpc) is 3.41. The van der Waals surface area contributed by atoms with Crippen LogP contribution in [0.25, 0.3) is 0 Å². The van der Waals surface area contributed by atoms with Gasteiger partial charge in [0.05, 0.1) is 25.9 Å². The summed E-state index contributed by atoms with van der Waals surface area (Å²) in [6.07, 6.45) is 3.68. The second kappa shape index (κ2) is 10.5. The maximum absolute atomic E-state index is 5.48. The minimum Gasteiger partial charge on any atom is -0.468 e. The van der Waals surface area contributed by atoms with E-state index in [4.69, 9.17) is 9.41 Å². The average molecular weight is 436 g/mol. The fraction of sp³-hybridized carbons (Fsp3) is 0.458. The van der Waals surface area contributed by atoms with Crippen molar-refractivity contribution in [3.63, 3.8) is 0 Å². The molecule has 1 aliphatic rings. The van der Waals surface area contributed by atoms with Crippen LogP contribution in [-0.4, -0.2) is 45.3 Å². The highest BCUT2D eigenvalue weighted by Crippen LogP contribution is 2.15. The fourth-order valence-electron chi connectivity index (χ4n) is 4.11. The first-order valence-corrected chi connectivity index (χ1v) is 11.3. The molecule has 0 saturated carbocycles. The first-order valence-electron chi connectivity index (χ1n) is 11.3. The summed E-state index contributed by atoms with van der Waals surface area (Å²) in [7, 11) is 2.11. The van der Waals surface area contributed by atoms with Gasteiger partial charge < -0.3 is 15.1 Å². The molecule has 3 aromatic rings. The fourth-order valence-corrected chi connectivity index (χ4v) is 4.11. The molecule has 2 N–H and O–H groups in total. The van der Waals surface area contributed by atoms with E-state index in [1.807, 2.05) is 23.7 Å². The Morgan fingerprint density at radius 3 is 2.84 bits per heavy atom. The second-order valence-electron chi connectivity index (χ2n) is 8.35. The molecule has 0 radical (unpaired) electrons. The second-order valence-corrected chi connectivity index (χ2v) is 8.35. The van der Waals surface area contributed by atoms with Crippen molar-refractivity contribution in [1.82, 2.24) is 30.3 Å². The lowest BCUT2D eigenvalue weighted by atomic mass is 10.1. The Hall–Kier alpha value is -3.13. The highest BCUT2D eigenvalue weighted by atomic mass is 16.3. The van der Waals surface area contributed by atoms with Crippen LogP contribution in [0.2, 0.25) is 0 Å². The number of furan rings is 1. The van der Waals surface area contributed by atoms with Gasteiger partial charge in [0.25, 0.3) is 0 Å². The predicted octanol–water partition coefficient (Wildman–Crippen LogP) is 2.88. The summed E-state index contributed by atoms with van der Waals surface area (Å²) in [5.41, 5.74) is 2.51. The van der Waals surface area contributed by atoms with E-state index in [9.17, 15) is 0 Å². The molecule has 8 heteroatoms. The van der Waals surface area contributed by atoms with Gasteiger partial charge in [-0.05, 0) is 50.6 Å². The summed E-state index contributed by atoms with van der Waals surface area (Å²) in [4.78, 5) is 11.7. The van der Waals surface area contributed by atoms with Crippen LogP contribution in [0.3, 0.4) is 0 Å². The summed E-state index contributed by atoms with van der Waals surface area (Å²) in [5, 5.41) is 11.5. The zero-order chi connectivity index (χ0) is 22.3. The molecule has 2 aromatic heterocycles. The standard InChI is InChI=1S/C24H33N7O/c1-4-25-24(28-21-11-12-23-27-18(2)29-31(23)16-21)26-14-19-8-5-6-9-20(19)15-30(3)17-22-10-7-13-32-22/h5-10,13,21H,4,11-12,14-17H2,1-3H3,(H2,25,26,28). The van der Waals surface area contributed by atoms with E-state index in [1.54, 1.807) is 6.26 Å². The molecule has 0 bridgehead atoms. The smallest absolute Gasteiger partial charge is 0.191 e. The molecule has 3 heterocycles. The summed E-state index contributed by atoms with van der Waals surface area (Å²) >= 11 is 0. The number of nitrogens with zero attached hydrogens (tertiary/aromatic N) is 5. The number of hydrogen-bond acceptors (Lipinski definition) is 5. The minimum atomic E-state index is 0.288. The van der Waals surface area contributed by atoms with Crippen molar-refractivity contribution < 1.29 is 4.42 Å². The SMILES string of the molecule is CCNC(=NCc1ccccc1CN(C)Cc1ccco1)NC1CCc2nc(C)nn2C1. The quantitative estimate of drug-likeness (QED) is 0.418. The van der Waals surface area contributed by atoms with Gasteiger partial charge >= 0.3 is 0 Å². The molecule has 1 aliphatic heterocycles. The third-order valence-corrected chi connectivity index (χ3v) is 5.62.